The molecule has 17 heavy (non-hydrogen) atoms. The van der Waals surface area contributed by atoms with Crippen molar-refractivity contribution in [3.63, 3.8) is 0 Å². The van der Waals surface area contributed by atoms with Gasteiger partial charge in [-0.2, -0.15) is 0 Å². The van der Waals surface area contributed by atoms with E-state index in [4.69, 9.17) is 0 Å². The predicted octanol–water partition coefficient (Wildman–Crippen LogP) is 3.73. The van der Waals surface area contributed by atoms with Gasteiger partial charge >= 0.3 is 0 Å². The third-order valence-electron chi connectivity index (χ3n) is 2.71. The van der Waals surface area contributed by atoms with Crippen LogP contribution in [0.15, 0.2) is 54.9 Å². The fourth-order valence-electron chi connectivity index (χ4n) is 1.83. The van der Waals surface area contributed by atoms with Crippen molar-refractivity contribution in [3.05, 3.63) is 66.1 Å². The summed E-state index contributed by atoms with van der Waals surface area (Å²) in [6, 6.07) is 14.3. The Morgan fingerprint density at radius 2 is 2.00 bits per heavy atom. The zero-order chi connectivity index (χ0) is 11.5. The van der Waals surface area contributed by atoms with E-state index in [-0.39, 0.29) is 0 Å². The van der Waals surface area contributed by atoms with Crippen LogP contribution in [0.5, 0.6) is 0 Å². The molecule has 0 radical (unpaired) electrons. The second kappa shape index (κ2) is 4.26. The Kier molecular flexibility index (Phi) is 2.47. The van der Waals surface area contributed by atoms with Crippen LogP contribution in [0.4, 0.5) is 0 Å². The van der Waals surface area contributed by atoms with Gasteiger partial charge in [0.1, 0.15) is 0 Å². The van der Waals surface area contributed by atoms with Gasteiger partial charge in [0.15, 0.2) is 0 Å². The average molecular weight is 220 g/mol. The lowest BCUT2D eigenvalue weighted by molar-refractivity contribution is 1.30. The molecule has 2 nitrogen and oxygen atoms in total. The Bertz CT molecular complexity index is 651. The summed E-state index contributed by atoms with van der Waals surface area (Å²) in [6.45, 7) is 0. The molecule has 0 atom stereocenters. The third kappa shape index (κ3) is 2.11. The minimum absolute atomic E-state index is 0.971. The molecule has 1 N–H and O–H groups in total. The third-order valence-corrected chi connectivity index (χ3v) is 2.71. The summed E-state index contributed by atoms with van der Waals surface area (Å²) in [7, 11) is 0. The van der Waals surface area contributed by atoms with E-state index in [2.05, 4.69) is 40.3 Å². The molecule has 0 amide bonds. The number of fused-ring (bicyclic) bond motifs is 1. The van der Waals surface area contributed by atoms with Gasteiger partial charge in [-0.05, 0) is 41.3 Å². The highest BCUT2D eigenvalue weighted by atomic mass is 14.7. The van der Waals surface area contributed by atoms with E-state index in [9.17, 15) is 0 Å². The van der Waals surface area contributed by atoms with Crippen molar-refractivity contribution in [2.75, 3.05) is 0 Å². The average Bonchev–Trinajstić information content (AvgIpc) is 2.85. The van der Waals surface area contributed by atoms with E-state index in [0.29, 0.717) is 0 Å². The molecule has 1 aromatic carbocycles. The van der Waals surface area contributed by atoms with Crippen molar-refractivity contribution in [3.8, 4) is 0 Å². The first kappa shape index (κ1) is 9.85. The molecule has 0 fully saturated rings. The van der Waals surface area contributed by atoms with Crippen LogP contribution in [0.3, 0.4) is 0 Å². The maximum absolute atomic E-state index is 4.25. The maximum atomic E-state index is 4.25. The molecule has 0 aliphatic heterocycles. The molecule has 0 saturated carbocycles. The van der Waals surface area contributed by atoms with E-state index in [1.165, 1.54) is 10.9 Å². The number of nitrogens with one attached hydrogen (secondary N) is 1. The number of hydrogen-bond donors (Lipinski definition) is 1. The Labute approximate surface area is 99.6 Å². The van der Waals surface area contributed by atoms with E-state index >= 15 is 0 Å². The van der Waals surface area contributed by atoms with Gasteiger partial charge in [0.25, 0.3) is 0 Å². The molecule has 0 saturated heterocycles. The molecule has 2 aromatic heterocycles. The molecule has 0 aliphatic rings. The van der Waals surface area contributed by atoms with Crippen molar-refractivity contribution in [1.29, 1.82) is 0 Å². The number of H-pyrrole nitrogens is 1. The number of pyridine rings is 1. The SMILES string of the molecule is C(=C\c1ccccn1)/c1ccc2cc[nH]c2c1. The zero-order valence-corrected chi connectivity index (χ0v) is 9.30. The standard InChI is InChI=1S/C15H12N2/c1-2-9-16-14(3-1)7-5-12-4-6-13-8-10-17-15(13)11-12/h1-11,17H/b7-5+. The van der Waals surface area contributed by atoms with Crippen LogP contribution >= 0.6 is 0 Å². The smallest absolute Gasteiger partial charge is 0.0629 e. The minimum atomic E-state index is 0.971. The quantitative estimate of drug-likeness (QED) is 0.700. The van der Waals surface area contributed by atoms with E-state index in [0.717, 1.165) is 11.2 Å². The van der Waals surface area contributed by atoms with Gasteiger partial charge in [-0.1, -0.05) is 24.3 Å². The van der Waals surface area contributed by atoms with Gasteiger partial charge in [0, 0.05) is 17.9 Å². The van der Waals surface area contributed by atoms with Crippen molar-refractivity contribution >= 4 is 23.1 Å². The van der Waals surface area contributed by atoms with Crippen molar-refractivity contribution in [2.24, 2.45) is 0 Å². The van der Waals surface area contributed by atoms with Gasteiger partial charge in [-0.3, -0.25) is 4.98 Å². The highest BCUT2D eigenvalue weighted by Crippen LogP contribution is 2.15. The van der Waals surface area contributed by atoms with Gasteiger partial charge in [0.05, 0.1) is 5.69 Å². The molecular formula is C15H12N2. The van der Waals surface area contributed by atoms with E-state index < -0.39 is 0 Å². The molecule has 3 aromatic rings. The van der Waals surface area contributed by atoms with Crippen molar-refractivity contribution in [1.82, 2.24) is 9.97 Å². The number of aromatic amines is 1. The first-order chi connectivity index (χ1) is 8.42. The van der Waals surface area contributed by atoms with Crippen LogP contribution in [0.25, 0.3) is 23.1 Å². The Balaban J connectivity index is 1.92. The van der Waals surface area contributed by atoms with Crippen LogP contribution in [0.2, 0.25) is 0 Å². The molecule has 0 bridgehead atoms. The second-order valence-corrected chi connectivity index (χ2v) is 3.91. The summed E-state index contributed by atoms with van der Waals surface area (Å²) in [5.74, 6) is 0. The lowest BCUT2D eigenvalue weighted by atomic mass is 10.1. The van der Waals surface area contributed by atoms with Crippen LogP contribution in [0, 0.1) is 0 Å². The second-order valence-electron chi connectivity index (χ2n) is 3.91. The minimum Gasteiger partial charge on any atom is -0.361 e. The Hall–Kier alpha value is -2.35. The number of hydrogen-bond acceptors (Lipinski definition) is 1. The molecule has 0 unspecified atom stereocenters. The van der Waals surface area contributed by atoms with Gasteiger partial charge in [-0.25, -0.2) is 0 Å². The highest BCUT2D eigenvalue weighted by molar-refractivity contribution is 5.83. The van der Waals surface area contributed by atoms with Crippen molar-refractivity contribution < 1.29 is 0 Å². The number of benzene rings is 1. The van der Waals surface area contributed by atoms with Gasteiger partial charge in [0.2, 0.25) is 0 Å². The Morgan fingerprint density at radius 1 is 1.00 bits per heavy atom. The molecule has 2 heteroatoms. The van der Waals surface area contributed by atoms with Gasteiger partial charge in [-0.15, -0.1) is 0 Å². The maximum Gasteiger partial charge on any atom is 0.0629 e. The molecule has 0 aliphatic carbocycles. The monoisotopic (exact) mass is 220 g/mol. The van der Waals surface area contributed by atoms with Gasteiger partial charge < -0.3 is 4.98 Å². The van der Waals surface area contributed by atoms with Crippen LogP contribution in [0.1, 0.15) is 11.3 Å². The molecule has 2 heterocycles. The lowest BCUT2D eigenvalue weighted by Crippen LogP contribution is -1.77. The Morgan fingerprint density at radius 3 is 2.88 bits per heavy atom. The molecule has 3 rings (SSSR count). The molecular weight excluding hydrogens is 208 g/mol. The summed E-state index contributed by atoms with van der Waals surface area (Å²) in [5, 5.41) is 1.24. The largest absolute Gasteiger partial charge is 0.361 e. The van der Waals surface area contributed by atoms with Crippen molar-refractivity contribution in [2.45, 2.75) is 0 Å². The number of aromatic nitrogens is 2. The summed E-state index contributed by atoms with van der Waals surface area (Å²) in [6.07, 6.45) is 7.84. The van der Waals surface area contributed by atoms with Crippen LogP contribution in [-0.2, 0) is 0 Å². The predicted molar refractivity (Wildman–Crippen MR) is 71.5 cm³/mol. The lowest BCUT2D eigenvalue weighted by Gasteiger charge is -1.95. The fraction of sp³-hybridized carbons (Fsp3) is 0. The number of rotatable bonds is 2. The summed E-state index contributed by atoms with van der Waals surface area (Å²) in [4.78, 5) is 7.46. The first-order valence-electron chi connectivity index (χ1n) is 5.58. The fourth-order valence-corrected chi connectivity index (χ4v) is 1.83. The highest BCUT2D eigenvalue weighted by Gasteiger charge is 1.94. The summed E-state index contributed by atoms with van der Waals surface area (Å²) >= 11 is 0. The number of nitrogens with zero attached hydrogens (tertiary/aromatic N) is 1. The summed E-state index contributed by atoms with van der Waals surface area (Å²) in [5.41, 5.74) is 3.30. The van der Waals surface area contributed by atoms with E-state index in [1.807, 2.05) is 30.5 Å². The summed E-state index contributed by atoms with van der Waals surface area (Å²) < 4.78 is 0. The normalized spacial score (nSPS) is 11.3. The zero-order valence-electron chi connectivity index (χ0n) is 9.30. The first-order valence-corrected chi connectivity index (χ1v) is 5.58. The van der Waals surface area contributed by atoms with E-state index in [1.54, 1.807) is 6.20 Å². The van der Waals surface area contributed by atoms with Crippen LogP contribution < -0.4 is 0 Å². The molecule has 0 spiro atoms. The molecule has 82 valence electrons. The topological polar surface area (TPSA) is 28.7 Å². The van der Waals surface area contributed by atoms with Crippen LogP contribution in [-0.4, -0.2) is 9.97 Å².